The van der Waals surface area contributed by atoms with Crippen LogP contribution in [-0.4, -0.2) is 36.3 Å². The Morgan fingerprint density at radius 1 is 1.27 bits per heavy atom. The summed E-state index contributed by atoms with van der Waals surface area (Å²) < 4.78 is 5.43. The van der Waals surface area contributed by atoms with Gasteiger partial charge in [-0.15, -0.1) is 0 Å². The lowest BCUT2D eigenvalue weighted by molar-refractivity contribution is -0.367. The van der Waals surface area contributed by atoms with Gasteiger partial charge >= 0.3 is 12.1 Å². The monoisotopic (exact) mass is 437 g/mol. The average Bonchev–Trinajstić information content (AvgIpc) is 2.44. The van der Waals surface area contributed by atoms with Gasteiger partial charge < -0.3 is 33.1 Å². The molecule has 0 aromatic heterocycles. The third-order valence-corrected chi connectivity index (χ3v) is 3.49. The number of amides is 2. The van der Waals surface area contributed by atoms with E-state index < -0.39 is 0 Å². The molecule has 1 aromatic rings. The lowest BCUT2D eigenvalue weighted by Crippen LogP contribution is -3.00. The highest BCUT2D eigenvalue weighted by molar-refractivity contribution is 7.94. The Morgan fingerprint density at radius 2 is 1.82 bits per heavy atom. The molecule has 22 heavy (non-hydrogen) atoms. The first-order chi connectivity index (χ1) is 10.0. The Morgan fingerprint density at radius 3 is 2.27 bits per heavy atom. The molecule has 0 fully saturated rings. The number of nitrogens with zero attached hydrogens (tertiary/aromatic N) is 1. The fourth-order valence-corrected chi connectivity index (χ4v) is 2.22. The highest BCUT2D eigenvalue weighted by atomic mass is 127. The zero-order valence-electron chi connectivity index (χ0n) is 13.7. The second kappa shape index (κ2) is 10.7. The van der Waals surface area contributed by atoms with Gasteiger partial charge in [-0.05, 0) is 38.8 Å². The fraction of sp³-hybridized carbons (Fsp3) is 0.467. The number of hydrogen-bond acceptors (Lipinski definition) is 3. The van der Waals surface area contributed by atoms with Crippen LogP contribution in [0.2, 0.25) is 0 Å². The van der Waals surface area contributed by atoms with Crippen LogP contribution in [0.15, 0.2) is 18.2 Å². The predicted octanol–water partition coefficient (Wildman–Crippen LogP) is -1.28. The Hall–Kier alpha value is -0.960. The number of nitrogens with one attached hydrogen (secondary N) is 2. The third kappa shape index (κ3) is 6.04. The molecule has 0 unspecified atom stereocenters. The van der Waals surface area contributed by atoms with Crippen LogP contribution in [-0.2, 0) is 4.18 Å². The van der Waals surface area contributed by atoms with Crippen LogP contribution in [0.1, 0.15) is 25.0 Å². The molecule has 0 aliphatic rings. The first-order valence-electron chi connectivity index (χ1n) is 7.00. The van der Waals surface area contributed by atoms with Crippen LogP contribution in [0.4, 0.5) is 10.5 Å². The molecular formula is C15H24IN3O2S. The molecule has 1 rings (SSSR count). The fourth-order valence-electron chi connectivity index (χ4n) is 1.97. The zero-order valence-corrected chi connectivity index (χ0v) is 16.7. The highest BCUT2D eigenvalue weighted by Gasteiger charge is 2.20. The zero-order chi connectivity index (χ0) is 15.8. The molecule has 2 N–H and O–H groups in total. The normalized spacial score (nSPS) is 10.7. The van der Waals surface area contributed by atoms with E-state index in [1.54, 1.807) is 11.2 Å². The summed E-state index contributed by atoms with van der Waals surface area (Å²) in [7, 11) is 0. The number of carbonyl (C=O) groups is 1. The van der Waals surface area contributed by atoms with E-state index in [1.807, 2.05) is 45.9 Å². The van der Waals surface area contributed by atoms with Gasteiger partial charge in [0, 0.05) is 19.3 Å². The van der Waals surface area contributed by atoms with Crippen molar-refractivity contribution in [3.05, 3.63) is 29.3 Å². The lowest BCUT2D eigenvalue weighted by atomic mass is 10.1. The number of rotatable bonds is 4. The van der Waals surface area contributed by atoms with E-state index in [9.17, 15) is 4.79 Å². The van der Waals surface area contributed by atoms with Crippen molar-refractivity contribution < 1.29 is 37.9 Å². The lowest BCUT2D eigenvalue weighted by Gasteiger charge is -2.15. The van der Waals surface area contributed by atoms with Gasteiger partial charge in [0.05, 0.1) is 12.0 Å². The second-order valence-electron chi connectivity index (χ2n) is 4.57. The van der Waals surface area contributed by atoms with Crippen LogP contribution in [0.5, 0.6) is 0 Å². The minimum absolute atomic E-state index is 0. The highest BCUT2D eigenvalue weighted by Crippen LogP contribution is 2.12. The van der Waals surface area contributed by atoms with Gasteiger partial charge in [-0.2, -0.15) is 5.32 Å². The molecule has 0 radical (unpaired) electrons. The summed E-state index contributed by atoms with van der Waals surface area (Å²) in [5.74, 6) is 0. The number of carbonyl (C=O) groups excluding carboxylic acids is 1. The van der Waals surface area contributed by atoms with Gasteiger partial charge in [0.25, 0.3) is 0 Å². The number of para-hydroxylation sites is 1. The smallest absolute Gasteiger partial charge is 0.468 e. The van der Waals surface area contributed by atoms with E-state index in [4.69, 9.17) is 4.18 Å². The van der Waals surface area contributed by atoms with Gasteiger partial charge in [-0.3, -0.25) is 0 Å². The van der Waals surface area contributed by atoms with Gasteiger partial charge in [0.1, 0.15) is 5.69 Å². The summed E-state index contributed by atoms with van der Waals surface area (Å²) >= 11 is 1.18. The quantitative estimate of drug-likeness (QED) is 0.267. The SMILES string of the molecule is CCN(CC)C(=O)NC(=[NH+]c1c(C)cccc1C)OSC.[I-]. The summed E-state index contributed by atoms with van der Waals surface area (Å²) in [4.78, 5) is 17.0. The minimum Gasteiger partial charge on any atom is -1.00 e. The van der Waals surface area contributed by atoms with Gasteiger partial charge in [-0.25, -0.2) is 9.79 Å². The number of hydrogen-bond donors (Lipinski definition) is 2. The van der Waals surface area contributed by atoms with Crippen LogP contribution in [0.3, 0.4) is 0 Å². The minimum atomic E-state index is -0.178. The number of urea groups is 1. The Kier molecular flexibility index (Phi) is 10.2. The topological polar surface area (TPSA) is 55.5 Å². The number of amidine groups is 1. The van der Waals surface area contributed by atoms with Crippen LogP contribution in [0, 0.1) is 13.8 Å². The number of halogens is 1. The summed E-state index contributed by atoms with van der Waals surface area (Å²) in [6, 6.07) is 6.18. The first-order valence-corrected chi connectivity index (χ1v) is 8.15. The molecule has 0 heterocycles. The van der Waals surface area contributed by atoms with Crippen LogP contribution >= 0.6 is 12.0 Å². The molecule has 124 valence electrons. The van der Waals surface area contributed by atoms with E-state index in [0.717, 1.165) is 16.8 Å². The molecule has 0 saturated heterocycles. The summed E-state index contributed by atoms with van der Waals surface area (Å²) in [6.07, 6.45) is 1.80. The third-order valence-electron chi connectivity index (χ3n) is 3.16. The maximum absolute atomic E-state index is 12.1. The first kappa shape index (κ1) is 21.0. The molecule has 0 saturated carbocycles. The molecule has 1 aromatic carbocycles. The Balaban J connectivity index is 0.00000441. The molecule has 2 amide bonds. The van der Waals surface area contributed by atoms with E-state index in [-0.39, 0.29) is 30.0 Å². The van der Waals surface area contributed by atoms with Crippen LogP contribution in [0.25, 0.3) is 0 Å². The molecule has 0 bridgehead atoms. The van der Waals surface area contributed by atoms with Crippen molar-refractivity contribution in [1.29, 1.82) is 0 Å². The summed E-state index contributed by atoms with van der Waals surface area (Å²) in [5, 5.41) is 2.77. The van der Waals surface area contributed by atoms with E-state index in [1.165, 1.54) is 12.0 Å². The van der Waals surface area contributed by atoms with E-state index in [2.05, 4.69) is 10.3 Å². The standard InChI is InChI=1S/C15H23N3O2S.HI/c1-6-18(7-2)15(19)17-14(20-21-5)16-13-11(3)9-8-10-12(13)4;/h8-10H,6-7H2,1-5H3,(H,16,17,19);1H. The maximum Gasteiger partial charge on any atom is 0.468 e. The average molecular weight is 437 g/mol. The predicted molar refractivity (Wildman–Crippen MR) is 87.6 cm³/mol. The maximum atomic E-state index is 12.1. The van der Waals surface area contributed by atoms with Crippen LogP contribution < -0.4 is 34.3 Å². The molecule has 0 aliphatic heterocycles. The van der Waals surface area contributed by atoms with Crippen molar-refractivity contribution in [3.8, 4) is 0 Å². The molecular weight excluding hydrogens is 413 g/mol. The van der Waals surface area contributed by atoms with Gasteiger partial charge in [0.2, 0.25) is 0 Å². The molecule has 5 nitrogen and oxygen atoms in total. The van der Waals surface area contributed by atoms with Gasteiger partial charge in [0.15, 0.2) is 0 Å². The van der Waals surface area contributed by atoms with Crippen molar-refractivity contribution in [3.63, 3.8) is 0 Å². The van der Waals surface area contributed by atoms with Crippen molar-refractivity contribution in [2.45, 2.75) is 27.7 Å². The molecule has 0 spiro atoms. The van der Waals surface area contributed by atoms with Crippen molar-refractivity contribution in [2.24, 2.45) is 0 Å². The molecule has 0 atom stereocenters. The van der Waals surface area contributed by atoms with Crippen molar-refractivity contribution in [1.82, 2.24) is 10.2 Å². The second-order valence-corrected chi connectivity index (χ2v) is 5.07. The molecule has 7 heteroatoms. The van der Waals surface area contributed by atoms with E-state index >= 15 is 0 Å². The van der Waals surface area contributed by atoms with E-state index in [0.29, 0.717) is 19.1 Å². The van der Waals surface area contributed by atoms with Crippen molar-refractivity contribution in [2.75, 3.05) is 19.3 Å². The van der Waals surface area contributed by atoms with Gasteiger partial charge in [-0.1, -0.05) is 18.2 Å². The number of aryl methyl sites for hydroxylation is 2. The largest absolute Gasteiger partial charge is 1.00 e. The summed E-state index contributed by atoms with van der Waals surface area (Å²) in [5.41, 5.74) is 3.13. The Labute approximate surface area is 154 Å². The molecule has 0 aliphatic carbocycles. The Bertz CT molecular complexity index is 499. The summed E-state index contributed by atoms with van der Waals surface area (Å²) in [6.45, 7) is 9.21. The van der Waals surface area contributed by atoms with Crippen molar-refractivity contribution >= 4 is 29.8 Å². The number of benzene rings is 1.